The van der Waals surface area contributed by atoms with E-state index >= 15 is 0 Å². The highest BCUT2D eigenvalue weighted by Crippen LogP contribution is 1.73. The molecular weight excluding hydrogens is 156 g/mol. The zero-order valence-corrected chi connectivity index (χ0v) is 8.96. The van der Waals surface area contributed by atoms with Crippen LogP contribution in [0.25, 0.3) is 0 Å². The second-order valence-electron chi connectivity index (χ2n) is 4.31. The van der Waals surface area contributed by atoms with Crippen molar-refractivity contribution in [3.8, 4) is 0 Å². The van der Waals surface area contributed by atoms with Gasteiger partial charge in [-0.2, -0.15) is 0 Å². The van der Waals surface area contributed by atoms with Crippen molar-refractivity contribution in [1.82, 2.24) is 4.90 Å². The Morgan fingerprint density at radius 2 is 1.50 bits per heavy atom. The van der Waals surface area contributed by atoms with Crippen LogP contribution in [0.5, 0.6) is 0 Å². The quantitative estimate of drug-likeness (QED) is 0.601. The summed E-state index contributed by atoms with van der Waals surface area (Å²) in [7, 11) is 11.9. The van der Waals surface area contributed by atoms with Gasteiger partial charge in [-0.25, -0.2) is 0 Å². The lowest BCUT2D eigenvalue weighted by molar-refractivity contribution is -0.849. The molecule has 0 rings (SSSR count). The summed E-state index contributed by atoms with van der Waals surface area (Å²) in [5, 5.41) is 8.04. The molecule has 4 nitrogen and oxygen atoms in total. The number of rotatable bonds is 2. The van der Waals surface area contributed by atoms with Crippen LogP contribution >= 0.6 is 0 Å². The Bertz CT molecular complexity index is 122. The van der Waals surface area contributed by atoms with Crippen molar-refractivity contribution in [2.24, 2.45) is 0 Å². The first-order valence-corrected chi connectivity index (χ1v) is 3.78. The van der Waals surface area contributed by atoms with Crippen molar-refractivity contribution in [3.63, 3.8) is 0 Å². The molecule has 0 spiro atoms. The Hall–Kier alpha value is -0.610. The molecule has 0 aromatic rings. The number of hydrogen-bond donors (Lipinski definition) is 1. The Kier molecular flexibility index (Phi) is 6.94. The number of aliphatic carboxylic acids is 1. The summed E-state index contributed by atoms with van der Waals surface area (Å²) in [5.41, 5.74) is 0. The third-order valence-corrected chi connectivity index (χ3v) is 0.451. The smallest absolute Gasteiger partial charge is 0.317 e. The van der Waals surface area contributed by atoms with Gasteiger partial charge in [0.05, 0.1) is 34.7 Å². The normalized spacial score (nSPS) is 10.6. The zero-order valence-electron chi connectivity index (χ0n) is 8.96. The molecule has 0 aliphatic rings. The second-order valence-corrected chi connectivity index (χ2v) is 4.31. The Balaban J connectivity index is 0. The van der Waals surface area contributed by atoms with Gasteiger partial charge in [0, 0.05) is 0 Å². The molecule has 0 atom stereocenters. The van der Waals surface area contributed by atoms with Gasteiger partial charge in [0.15, 0.2) is 0 Å². The minimum absolute atomic E-state index is 0.111. The summed E-state index contributed by atoms with van der Waals surface area (Å²) < 4.78 is 1.00. The molecular formula is C8H21N2O2+. The molecule has 0 amide bonds. The van der Waals surface area contributed by atoms with Crippen LogP contribution in [0, 0.1) is 0 Å². The Morgan fingerprint density at radius 1 is 1.25 bits per heavy atom. The van der Waals surface area contributed by atoms with Crippen molar-refractivity contribution >= 4 is 5.97 Å². The Morgan fingerprint density at radius 3 is 1.50 bits per heavy atom. The molecule has 0 heterocycles. The van der Waals surface area contributed by atoms with Gasteiger partial charge < -0.3 is 9.59 Å². The number of carboxylic acids is 1. The molecule has 0 saturated heterocycles. The van der Waals surface area contributed by atoms with Crippen LogP contribution in [-0.4, -0.2) is 69.3 Å². The predicted octanol–water partition coefficient (Wildman–Crippen LogP) is -0.0450. The van der Waals surface area contributed by atoms with E-state index in [0.717, 1.165) is 4.48 Å². The standard InChI is InChI=1S/C4H9NO2.C4H12N/c1-5(2)3-4(6)7;1-5(2,3)4/h3H2,1-2H3,(H,6,7);1-4H3/q;+1. The number of carboxylic acid groups (broad SMARTS) is 1. The van der Waals surface area contributed by atoms with Gasteiger partial charge in [-0.1, -0.05) is 0 Å². The third-order valence-electron chi connectivity index (χ3n) is 0.451. The molecule has 0 unspecified atom stereocenters. The highest BCUT2D eigenvalue weighted by atomic mass is 16.4. The maximum Gasteiger partial charge on any atom is 0.317 e. The van der Waals surface area contributed by atoms with Gasteiger partial charge in [-0.15, -0.1) is 0 Å². The van der Waals surface area contributed by atoms with E-state index in [1.54, 1.807) is 19.0 Å². The average molecular weight is 177 g/mol. The minimum atomic E-state index is -0.787. The molecule has 0 aliphatic carbocycles. The number of carbonyl (C=O) groups is 1. The lowest BCUT2D eigenvalue weighted by atomic mass is 10.6. The van der Waals surface area contributed by atoms with Crippen LogP contribution in [-0.2, 0) is 4.79 Å². The maximum atomic E-state index is 9.77. The molecule has 0 aromatic carbocycles. The van der Waals surface area contributed by atoms with Crippen LogP contribution in [0.2, 0.25) is 0 Å². The van der Waals surface area contributed by atoms with Crippen molar-refractivity contribution in [1.29, 1.82) is 0 Å². The fraction of sp³-hybridized carbons (Fsp3) is 0.875. The van der Waals surface area contributed by atoms with E-state index in [2.05, 4.69) is 28.2 Å². The second kappa shape index (κ2) is 5.97. The van der Waals surface area contributed by atoms with Crippen LogP contribution in [0.15, 0.2) is 0 Å². The monoisotopic (exact) mass is 177 g/mol. The van der Waals surface area contributed by atoms with Gasteiger partial charge in [0.2, 0.25) is 0 Å². The molecule has 1 N–H and O–H groups in total. The molecule has 12 heavy (non-hydrogen) atoms. The van der Waals surface area contributed by atoms with E-state index in [1.807, 2.05) is 0 Å². The zero-order chi connectivity index (χ0) is 10.4. The lowest BCUT2D eigenvalue weighted by Crippen LogP contribution is -2.27. The number of likely N-dealkylation sites (N-methyl/N-ethyl adjacent to an activating group) is 1. The highest BCUT2D eigenvalue weighted by molar-refractivity contribution is 5.68. The molecule has 0 bridgehead atoms. The molecule has 74 valence electrons. The molecule has 0 fully saturated rings. The Labute approximate surface area is 75.0 Å². The largest absolute Gasteiger partial charge is 0.480 e. The average Bonchev–Trinajstić information content (AvgIpc) is 1.52. The first-order valence-electron chi connectivity index (χ1n) is 3.78. The fourth-order valence-corrected chi connectivity index (χ4v) is 0.271. The summed E-state index contributed by atoms with van der Waals surface area (Å²) in [6.45, 7) is 0.111. The maximum absolute atomic E-state index is 9.77. The van der Waals surface area contributed by atoms with Gasteiger partial charge in [-0.3, -0.25) is 9.69 Å². The van der Waals surface area contributed by atoms with Crippen molar-refractivity contribution < 1.29 is 14.4 Å². The van der Waals surface area contributed by atoms with Crippen LogP contribution in [0.4, 0.5) is 0 Å². The van der Waals surface area contributed by atoms with E-state index in [9.17, 15) is 4.79 Å². The molecule has 0 aromatic heterocycles. The van der Waals surface area contributed by atoms with Crippen molar-refractivity contribution in [3.05, 3.63) is 0 Å². The number of hydrogen-bond acceptors (Lipinski definition) is 2. The predicted molar refractivity (Wildman–Crippen MR) is 50.1 cm³/mol. The summed E-state index contributed by atoms with van der Waals surface area (Å²) in [6, 6.07) is 0. The molecule has 0 saturated carbocycles. The molecule has 0 aliphatic heterocycles. The number of quaternary nitrogens is 1. The minimum Gasteiger partial charge on any atom is -0.480 e. The third kappa shape index (κ3) is 57.5. The molecule has 4 heteroatoms. The van der Waals surface area contributed by atoms with Crippen LogP contribution in [0.1, 0.15) is 0 Å². The highest BCUT2D eigenvalue weighted by Gasteiger charge is 1.94. The molecule has 0 radical (unpaired) electrons. The topological polar surface area (TPSA) is 40.5 Å². The van der Waals surface area contributed by atoms with Gasteiger partial charge in [0.1, 0.15) is 0 Å². The van der Waals surface area contributed by atoms with Crippen molar-refractivity contribution in [2.75, 3.05) is 48.8 Å². The van der Waals surface area contributed by atoms with Crippen LogP contribution < -0.4 is 0 Å². The SMILES string of the molecule is CN(C)CC(=O)O.C[N+](C)(C)C. The summed E-state index contributed by atoms with van der Waals surface area (Å²) in [6.07, 6.45) is 0. The van der Waals surface area contributed by atoms with Crippen molar-refractivity contribution in [2.45, 2.75) is 0 Å². The van der Waals surface area contributed by atoms with Gasteiger partial charge in [0.25, 0.3) is 0 Å². The first kappa shape index (κ1) is 13.9. The first-order chi connectivity index (χ1) is 5.13. The van der Waals surface area contributed by atoms with E-state index in [4.69, 9.17) is 5.11 Å². The van der Waals surface area contributed by atoms with E-state index in [1.165, 1.54) is 0 Å². The van der Waals surface area contributed by atoms with E-state index in [0.29, 0.717) is 0 Å². The van der Waals surface area contributed by atoms with E-state index in [-0.39, 0.29) is 6.54 Å². The van der Waals surface area contributed by atoms with Crippen LogP contribution in [0.3, 0.4) is 0 Å². The summed E-state index contributed by atoms with van der Waals surface area (Å²) >= 11 is 0. The van der Waals surface area contributed by atoms with E-state index < -0.39 is 5.97 Å². The van der Waals surface area contributed by atoms with Gasteiger partial charge >= 0.3 is 5.97 Å². The summed E-state index contributed by atoms with van der Waals surface area (Å²) in [5.74, 6) is -0.787. The van der Waals surface area contributed by atoms with Gasteiger partial charge in [-0.05, 0) is 14.1 Å². The number of nitrogens with zero attached hydrogens (tertiary/aromatic N) is 2. The lowest BCUT2D eigenvalue weighted by Gasteiger charge is -2.14. The summed E-state index contributed by atoms with van der Waals surface area (Å²) in [4.78, 5) is 11.4. The fourth-order valence-electron chi connectivity index (χ4n) is 0.271.